The highest BCUT2D eigenvalue weighted by atomic mass is 32.2. The minimum Gasteiger partial charge on any atom is -0.409 e. The summed E-state index contributed by atoms with van der Waals surface area (Å²) in [7, 11) is -3.67. The van der Waals surface area contributed by atoms with Crippen molar-refractivity contribution in [1.82, 2.24) is 9.03 Å². The molecule has 2 fully saturated rings. The van der Waals surface area contributed by atoms with E-state index >= 15 is 0 Å². The van der Waals surface area contributed by atoms with Crippen LogP contribution in [-0.4, -0.2) is 55.6 Å². The third kappa shape index (κ3) is 3.22. The van der Waals surface area contributed by atoms with E-state index in [1.807, 2.05) is 0 Å². The van der Waals surface area contributed by atoms with Crippen molar-refractivity contribution in [3.8, 4) is 0 Å². The lowest BCUT2D eigenvalue weighted by atomic mass is 9.82. The lowest BCUT2D eigenvalue weighted by Gasteiger charge is -2.38. The molecule has 116 valence electrons. The maximum atomic E-state index is 12.4. The Morgan fingerprint density at radius 1 is 1.25 bits per heavy atom. The number of morpholine rings is 1. The molecule has 0 spiro atoms. The number of nitrogens with zero attached hydrogens (tertiary/aromatic N) is 2. The first-order valence-corrected chi connectivity index (χ1v) is 8.29. The molecule has 4 N–H and O–H groups in total. The molecule has 2 aliphatic rings. The van der Waals surface area contributed by atoms with E-state index in [4.69, 9.17) is 15.7 Å². The molecular weight excluding hydrogens is 284 g/mol. The summed E-state index contributed by atoms with van der Waals surface area (Å²) in [6.45, 7) is 1.41. The molecule has 0 atom stereocenters. The molecule has 9 heteroatoms. The minimum absolute atomic E-state index is 0.0611. The first-order valence-electron chi connectivity index (χ1n) is 6.85. The van der Waals surface area contributed by atoms with E-state index in [9.17, 15) is 8.42 Å². The molecule has 0 aromatic carbocycles. The summed E-state index contributed by atoms with van der Waals surface area (Å²) < 4.78 is 34.0. The van der Waals surface area contributed by atoms with Crippen LogP contribution < -0.4 is 10.5 Å². The summed E-state index contributed by atoms with van der Waals surface area (Å²) in [5.41, 5.74) is 4.78. The molecular formula is C11H22N4O4S. The van der Waals surface area contributed by atoms with Crippen molar-refractivity contribution >= 4 is 16.0 Å². The molecule has 0 radical (unpaired) electrons. The number of ether oxygens (including phenoxy) is 1. The van der Waals surface area contributed by atoms with Crippen LogP contribution in [0.15, 0.2) is 5.16 Å². The Labute approximate surface area is 119 Å². The average molecular weight is 306 g/mol. The molecule has 8 nitrogen and oxygen atoms in total. The highest BCUT2D eigenvalue weighted by Gasteiger charge is 2.42. The van der Waals surface area contributed by atoms with E-state index in [2.05, 4.69) is 9.88 Å². The number of amidine groups is 1. The van der Waals surface area contributed by atoms with Crippen molar-refractivity contribution in [3.05, 3.63) is 0 Å². The first-order chi connectivity index (χ1) is 9.50. The lowest BCUT2D eigenvalue weighted by Crippen LogP contribution is -2.62. The van der Waals surface area contributed by atoms with Crippen LogP contribution in [0, 0.1) is 0 Å². The number of rotatable bonds is 4. The van der Waals surface area contributed by atoms with Crippen molar-refractivity contribution in [2.24, 2.45) is 10.9 Å². The average Bonchev–Trinajstić information content (AvgIpc) is 2.48. The number of hydrogen-bond acceptors (Lipinski definition) is 5. The summed E-state index contributed by atoms with van der Waals surface area (Å²) in [6, 6.07) is 0. The third-order valence-corrected chi connectivity index (χ3v) is 5.63. The van der Waals surface area contributed by atoms with E-state index in [1.165, 1.54) is 4.31 Å². The van der Waals surface area contributed by atoms with Crippen molar-refractivity contribution in [1.29, 1.82) is 0 Å². The Kier molecular flexibility index (Phi) is 4.84. The number of nitrogens with one attached hydrogen (secondary N) is 1. The van der Waals surface area contributed by atoms with Crippen LogP contribution in [0.2, 0.25) is 0 Å². The van der Waals surface area contributed by atoms with Gasteiger partial charge in [0.15, 0.2) is 5.84 Å². The Balaban J connectivity index is 2.18. The first kappa shape index (κ1) is 15.5. The summed E-state index contributed by atoms with van der Waals surface area (Å²) in [4.78, 5) is 0. The Morgan fingerprint density at radius 2 is 1.85 bits per heavy atom. The number of hydrogen-bond donors (Lipinski definition) is 3. The fourth-order valence-corrected chi connectivity index (χ4v) is 4.32. The van der Waals surface area contributed by atoms with Crippen molar-refractivity contribution in [3.63, 3.8) is 0 Å². The van der Waals surface area contributed by atoms with E-state index in [0.717, 1.165) is 19.3 Å². The topological polar surface area (TPSA) is 117 Å². The molecule has 0 unspecified atom stereocenters. The van der Waals surface area contributed by atoms with Crippen LogP contribution in [0.3, 0.4) is 0 Å². The molecule has 0 amide bonds. The standard InChI is InChI=1S/C11H22N4O4S/c12-10(13-16)11(4-2-1-3-5-11)14-20(17,18)15-6-8-19-9-7-15/h14,16H,1-9H2,(H2,12,13). The largest absolute Gasteiger partial charge is 0.409 e. The van der Waals surface area contributed by atoms with E-state index in [-0.39, 0.29) is 5.84 Å². The predicted molar refractivity (Wildman–Crippen MR) is 73.7 cm³/mol. The minimum atomic E-state index is -3.67. The van der Waals surface area contributed by atoms with Gasteiger partial charge in [-0.3, -0.25) is 0 Å². The molecule has 1 aliphatic heterocycles. The molecule has 0 bridgehead atoms. The zero-order chi connectivity index (χ0) is 14.6. The maximum Gasteiger partial charge on any atom is 0.280 e. The zero-order valence-electron chi connectivity index (χ0n) is 11.4. The van der Waals surface area contributed by atoms with Crippen LogP contribution in [-0.2, 0) is 14.9 Å². The summed E-state index contributed by atoms with van der Waals surface area (Å²) in [5.74, 6) is -0.0611. The fraction of sp³-hybridized carbons (Fsp3) is 0.909. The van der Waals surface area contributed by atoms with Crippen molar-refractivity contribution < 1.29 is 18.4 Å². The monoisotopic (exact) mass is 306 g/mol. The summed E-state index contributed by atoms with van der Waals surface area (Å²) >= 11 is 0. The van der Waals surface area contributed by atoms with Gasteiger partial charge < -0.3 is 15.7 Å². The highest BCUT2D eigenvalue weighted by Crippen LogP contribution is 2.29. The van der Waals surface area contributed by atoms with Gasteiger partial charge in [-0.25, -0.2) is 0 Å². The van der Waals surface area contributed by atoms with Gasteiger partial charge in [-0.1, -0.05) is 24.4 Å². The summed E-state index contributed by atoms with van der Waals surface area (Å²) in [6.07, 6.45) is 3.82. The van der Waals surface area contributed by atoms with Crippen molar-refractivity contribution in [2.75, 3.05) is 26.3 Å². The molecule has 1 heterocycles. The van der Waals surface area contributed by atoms with Gasteiger partial charge >= 0.3 is 0 Å². The third-order valence-electron chi connectivity index (χ3n) is 3.94. The molecule has 1 saturated carbocycles. The van der Waals surface area contributed by atoms with Gasteiger partial charge in [0.25, 0.3) is 10.2 Å². The quantitative estimate of drug-likeness (QED) is 0.283. The van der Waals surface area contributed by atoms with Crippen LogP contribution in [0.4, 0.5) is 0 Å². The SMILES string of the molecule is N/C(=N/O)C1(NS(=O)(=O)N2CCOCC2)CCCCC1. The second-order valence-corrected chi connectivity index (χ2v) is 6.92. The Bertz CT molecular complexity index is 453. The van der Waals surface area contributed by atoms with Crippen molar-refractivity contribution in [2.45, 2.75) is 37.6 Å². The maximum absolute atomic E-state index is 12.4. The fourth-order valence-electron chi connectivity index (χ4n) is 2.76. The summed E-state index contributed by atoms with van der Waals surface area (Å²) in [5, 5.41) is 12.0. The van der Waals surface area contributed by atoms with Gasteiger partial charge in [0.05, 0.1) is 18.8 Å². The second kappa shape index (κ2) is 6.25. The molecule has 0 aromatic rings. The van der Waals surface area contributed by atoms with E-state index < -0.39 is 15.7 Å². The van der Waals surface area contributed by atoms with E-state index in [0.29, 0.717) is 39.1 Å². The van der Waals surface area contributed by atoms with Crippen LogP contribution in [0.1, 0.15) is 32.1 Å². The number of nitrogens with two attached hydrogens (primary N) is 1. The van der Waals surface area contributed by atoms with Gasteiger partial charge in [-0.15, -0.1) is 0 Å². The van der Waals surface area contributed by atoms with Crippen LogP contribution in [0.5, 0.6) is 0 Å². The van der Waals surface area contributed by atoms with Gasteiger partial charge in [-0.2, -0.15) is 17.4 Å². The molecule has 1 aliphatic carbocycles. The predicted octanol–water partition coefficient (Wildman–Crippen LogP) is -0.398. The van der Waals surface area contributed by atoms with Gasteiger partial charge in [-0.05, 0) is 12.8 Å². The Hall–Kier alpha value is -0.900. The van der Waals surface area contributed by atoms with E-state index in [1.54, 1.807) is 0 Å². The smallest absolute Gasteiger partial charge is 0.280 e. The number of oxime groups is 1. The van der Waals surface area contributed by atoms with Crippen LogP contribution in [0.25, 0.3) is 0 Å². The molecule has 0 aromatic heterocycles. The molecule has 20 heavy (non-hydrogen) atoms. The molecule has 2 rings (SSSR count). The normalized spacial score (nSPS) is 25.5. The lowest BCUT2D eigenvalue weighted by molar-refractivity contribution is 0.0719. The highest BCUT2D eigenvalue weighted by molar-refractivity contribution is 7.87. The van der Waals surface area contributed by atoms with Gasteiger partial charge in [0.1, 0.15) is 0 Å². The van der Waals surface area contributed by atoms with Gasteiger partial charge in [0, 0.05) is 13.1 Å². The Morgan fingerprint density at radius 3 is 2.40 bits per heavy atom. The van der Waals surface area contributed by atoms with Crippen LogP contribution >= 0.6 is 0 Å². The zero-order valence-corrected chi connectivity index (χ0v) is 12.2. The molecule has 1 saturated heterocycles. The second-order valence-electron chi connectivity index (χ2n) is 5.25. The van der Waals surface area contributed by atoms with Gasteiger partial charge in [0.2, 0.25) is 0 Å².